The maximum Gasteiger partial charge on any atom is 0.335 e. The predicted molar refractivity (Wildman–Crippen MR) is 117 cm³/mol. The van der Waals surface area contributed by atoms with Gasteiger partial charge in [0.1, 0.15) is 11.9 Å². The summed E-state index contributed by atoms with van der Waals surface area (Å²) in [5, 5.41) is 17.0. The number of nitrogens with one attached hydrogen (secondary N) is 3. The van der Waals surface area contributed by atoms with E-state index in [9.17, 15) is 9.59 Å². The fraction of sp³-hybridized carbons (Fsp3) is 0.167. The number of halogens is 3. The second-order valence-electron chi connectivity index (χ2n) is 5.62. The molecule has 7 nitrogen and oxygen atoms in total. The number of anilines is 1. The van der Waals surface area contributed by atoms with Crippen LogP contribution in [-0.2, 0) is 4.79 Å². The number of hydrogen-bond acceptors (Lipinski definition) is 4. The van der Waals surface area contributed by atoms with E-state index in [-0.39, 0.29) is 17.3 Å². The molecule has 0 aliphatic rings. The molecule has 29 heavy (non-hydrogen) atoms. The third-order valence-electron chi connectivity index (χ3n) is 3.41. The molecule has 11 heteroatoms. The fourth-order valence-electron chi connectivity index (χ4n) is 2.06. The van der Waals surface area contributed by atoms with Gasteiger partial charge in [-0.2, -0.15) is 0 Å². The van der Waals surface area contributed by atoms with E-state index in [1.54, 1.807) is 24.3 Å². The monoisotopic (exact) mass is 475 g/mol. The number of carboxylic acids is 1. The first-order valence-corrected chi connectivity index (χ1v) is 9.64. The largest absolute Gasteiger partial charge is 0.484 e. The second kappa shape index (κ2) is 10.5. The van der Waals surface area contributed by atoms with Gasteiger partial charge < -0.3 is 25.8 Å². The lowest BCUT2D eigenvalue weighted by Crippen LogP contribution is -2.56. The zero-order valence-electron chi connectivity index (χ0n) is 14.7. The molecule has 0 saturated heterocycles. The summed E-state index contributed by atoms with van der Waals surface area (Å²) in [5.41, 5.74) is 0.633. The topological polar surface area (TPSA) is 99.7 Å². The zero-order chi connectivity index (χ0) is 21.4. The Morgan fingerprint density at radius 2 is 1.66 bits per heavy atom. The minimum atomic E-state index is -1.92. The van der Waals surface area contributed by atoms with Crippen LogP contribution in [0.1, 0.15) is 10.4 Å². The molecule has 4 N–H and O–H groups in total. The average Bonchev–Trinajstić information content (AvgIpc) is 2.66. The summed E-state index contributed by atoms with van der Waals surface area (Å²) in [6, 6.07) is 14.6. The maximum absolute atomic E-state index is 12.1. The predicted octanol–water partition coefficient (Wildman–Crippen LogP) is 3.56. The molecule has 0 aromatic heterocycles. The van der Waals surface area contributed by atoms with E-state index in [1.807, 2.05) is 6.07 Å². The quantitative estimate of drug-likeness (QED) is 0.275. The highest BCUT2D eigenvalue weighted by Gasteiger charge is 2.34. The SMILES string of the molecule is O=C(COc1ccccc1)N[C@H](NC(=S)Nc1ccc(C(=O)O)cc1)C(Cl)(Cl)Cl. The molecule has 0 radical (unpaired) electrons. The molecule has 0 bridgehead atoms. The number of hydrogen-bond donors (Lipinski definition) is 4. The lowest BCUT2D eigenvalue weighted by atomic mass is 10.2. The number of para-hydroxylation sites is 1. The molecule has 0 aliphatic carbocycles. The number of carboxylic acid groups (broad SMARTS) is 1. The fourth-order valence-corrected chi connectivity index (χ4v) is 2.63. The second-order valence-corrected chi connectivity index (χ2v) is 8.40. The number of carbonyl (C=O) groups is 2. The Morgan fingerprint density at radius 1 is 1.03 bits per heavy atom. The molecule has 0 fully saturated rings. The molecule has 1 amide bonds. The van der Waals surface area contributed by atoms with Gasteiger partial charge in [-0.05, 0) is 48.6 Å². The van der Waals surface area contributed by atoms with Crippen LogP contribution in [0.2, 0.25) is 0 Å². The van der Waals surface area contributed by atoms with Crippen LogP contribution in [-0.4, -0.2) is 38.7 Å². The van der Waals surface area contributed by atoms with Crippen LogP contribution >= 0.6 is 47.0 Å². The van der Waals surface area contributed by atoms with Crippen molar-refractivity contribution in [2.75, 3.05) is 11.9 Å². The van der Waals surface area contributed by atoms with Gasteiger partial charge in [0, 0.05) is 5.69 Å². The van der Waals surface area contributed by atoms with Crippen molar-refractivity contribution in [1.29, 1.82) is 0 Å². The number of rotatable bonds is 7. The smallest absolute Gasteiger partial charge is 0.335 e. The molecular formula is C18H16Cl3N3O4S. The normalized spacial score (nSPS) is 11.8. The summed E-state index contributed by atoms with van der Waals surface area (Å²) in [6.07, 6.45) is -1.15. The summed E-state index contributed by atoms with van der Waals surface area (Å²) >= 11 is 22.9. The van der Waals surface area contributed by atoms with Gasteiger partial charge in [0.2, 0.25) is 3.79 Å². The summed E-state index contributed by atoms with van der Waals surface area (Å²) in [6.45, 7) is -0.292. The molecular weight excluding hydrogens is 461 g/mol. The lowest BCUT2D eigenvalue weighted by Gasteiger charge is -2.27. The van der Waals surface area contributed by atoms with Crippen molar-refractivity contribution >= 4 is 69.7 Å². The maximum atomic E-state index is 12.1. The lowest BCUT2D eigenvalue weighted by molar-refractivity contribution is -0.123. The number of thiocarbonyl (C=S) groups is 1. The Morgan fingerprint density at radius 3 is 2.21 bits per heavy atom. The van der Waals surface area contributed by atoms with Crippen molar-refractivity contribution in [3.63, 3.8) is 0 Å². The number of ether oxygens (including phenoxy) is 1. The zero-order valence-corrected chi connectivity index (χ0v) is 17.8. The molecule has 0 spiro atoms. The van der Waals surface area contributed by atoms with Crippen molar-refractivity contribution < 1.29 is 19.4 Å². The summed E-state index contributed by atoms with van der Waals surface area (Å²) in [4.78, 5) is 23.0. The first-order chi connectivity index (χ1) is 13.6. The van der Waals surface area contributed by atoms with Crippen LogP contribution < -0.4 is 20.7 Å². The molecule has 0 saturated carbocycles. The van der Waals surface area contributed by atoms with E-state index in [2.05, 4.69) is 16.0 Å². The van der Waals surface area contributed by atoms with Crippen molar-refractivity contribution in [1.82, 2.24) is 10.6 Å². The van der Waals surface area contributed by atoms with Gasteiger partial charge >= 0.3 is 5.97 Å². The molecule has 1 atom stereocenters. The van der Waals surface area contributed by atoms with Gasteiger partial charge in [0.25, 0.3) is 5.91 Å². The minimum Gasteiger partial charge on any atom is -0.484 e. The van der Waals surface area contributed by atoms with E-state index in [0.717, 1.165) is 0 Å². The van der Waals surface area contributed by atoms with Crippen LogP contribution in [0, 0.1) is 0 Å². The van der Waals surface area contributed by atoms with Crippen LogP contribution in [0.3, 0.4) is 0 Å². The van der Waals surface area contributed by atoms with Crippen molar-refractivity contribution in [2.24, 2.45) is 0 Å². The summed E-state index contributed by atoms with van der Waals surface area (Å²) in [5.74, 6) is -1.07. The third kappa shape index (κ3) is 7.94. The molecule has 2 rings (SSSR count). The van der Waals surface area contributed by atoms with Gasteiger partial charge in [-0.15, -0.1) is 0 Å². The van der Waals surface area contributed by atoms with Gasteiger partial charge in [-0.3, -0.25) is 4.79 Å². The molecule has 154 valence electrons. The number of carbonyl (C=O) groups excluding carboxylic acids is 1. The van der Waals surface area contributed by atoms with Crippen LogP contribution in [0.5, 0.6) is 5.75 Å². The van der Waals surface area contributed by atoms with E-state index < -0.39 is 21.8 Å². The standard InChI is InChI=1S/C18H16Cl3N3O4S/c19-18(20,21)16(23-14(25)10-28-13-4-2-1-3-5-13)24-17(29)22-12-8-6-11(7-9-12)15(26)27/h1-9,16H,10H2,(H,23,25)(H,26,27)(H2,22,24,29)/t16-/m1/s1. The number of amides is 1. The minimum absolute atomic E-state index is 0.0497. The summed E-state index contributed by atoms with van der Waals surface area (Å²) in [7, 11) is 0. The molecule has 0 aliphatic heterocycles. The highest BCUT2D eigenvalue weighted by molar-refractivity contribution is 7.80. The van der Waals surface area contributed by atoms with E-state index >= 15 is 0 Å². The van der Waals surface area contributed by atoms with Crippen LogP contribution in [0.15, 0.2) is 54.6 Å². The van der Waals surface area contributed by atoms with Crippen LogP contribution in [0.4, 0.5) is 5.69 Å². The Kier molecular flexibility index (Phi) is 8.33. The highest BCUT2D eigenvalue weighted by atomic mass is 35.6. The van der Waals surface area contributed by atoms with Gasteiger partial charge in [0.15, 0.2) is 11.7 Å². The van der Waals surface area contributed by atoms with Gasteiger partial charge in [-0.1, -0.05) is 53.0 Å². The summed E-state index contributed by atoms with van der Waals surface area (Å²) < 4.78 is 3.43. The molecule has 0 heterocycles. The highest BCUT2D eigenvalue weighted by Crippen LogP contribution is 2.29. The Labute approximate surface area is 187 Å². The number of benzene rings is 2. The van der Waals surface area contributed by atoms with Crippen molar-refractivity contribution in [3.05, 3.63) is 60.2 Å². The third-order valence-corrected chi connectivity index (χ3v) is 4.29. The molecule has 2 aromatic carbocycles. The van der Waals surface area contributed by atoms with Crippen molar-refractivity contribution in [2.45, 2.75) is 9.96 Å². The van der Waals surface area contributed by atoms with Gasteiger partial charge in [0.05, 0.1) is 5.56 Å². The first kappa shape index (κ1) is 23.0. The molecule has 0 unspecified atom stereocenters. The van der Waals surface area contributed by atoms with Crippen molar-refractivity contribution in [3.8, 4) is 5.75 Å². The van der Waals surface area contributed by atoms with E-state index in [1.165, 1.54) is 24.3 Å². The number of aromatic carboxylic acids is 1. The first-order valence-electron chi connectivity index (χ1n) is 8.10. The van der Waals surface area contributed by atoms with E-state index in [0.29, 0.717) is 11.4 Å². The Balaban J connectivity index is 1.92. The molecule has 2 aromatic rings. The Bertz CT molecular complexity index is 861. The average molecular weight is 477 g/mol. The van der Waals surface area contributed by atoms with Gasteiger partial charge in [-0.25, -0.2) is 4.79 Å². The van der Waals surface area contributed by atoms with Crippen LogP contribution in [0.25, 0.3) is 0 Å². The van der Waals surface area contributed by atoms with E-state index in [4.69, 9.17) is 56.9 Å². The number of alkyl halides is 3. The Hall–Kier alpha value is -2.26.